The number of halogens is 3. The standard InChI is InChI=1S/C12H6F3NO3/c13-8-2-1-7(9(14)10(8)15)11(17)16-4-3-6(5-16)12(18)19/h1-5H,(H,18,19). The molecule has 0 bridgehead atoms. The second-order valence-corrected chi connectivity index (χ2v) is 3.64. The zero-order valence-electron chi connectivity index (χ0n) is 9.23. The highest BCUT2D eigenvalue weighted by atomic mass is 19.2. The Morgan fingerprint density at radius 1 is 1.05 bits per heavy atom. The molecular weight excluding hydrogens is 263 g/mol. The number of rotatable bonds is 2. The van der Waals surface area contributed by atoms with Crippen LogP contribution in [-0.4, -0.2) is 21.6 Å². The van der Waals surface area contributed by atoms with E-state index in [4.69, 9.17) is 5.11 Å². The van der Waals surface area contributed by atoms with Gasteiger partial charge in [0.25, 0.3) is 5.91 Å². The summed E-state index contributed by atoms with van der Waals surface area (Å²) in [5.41, 5.74) is -0.872. The van der Waals surface area contributed by atoms with E-state index < -0.39 is 34.9 Å². The molecule has 0 atom stereocenters. The minimum absolute atomic E-state index is 0.184. The van der Waals surface area contributed by atoms with Gasteiger partial charge in [-0.1, -0.05) is 0 Å². The van der Waals surface area contributed by atoms with Gasteiger partial charge >= 0.3 is 5.97 Å². The zero-order chi connectivity index (χ0) is 14.2. The van der Waals surface area contributed by atoms with Crippen molar-refractivity contribution in [1.29, 1.82) is 0 Å². The van der Waals surface area contributed by atoms with Crippen LogP contribution in [0.3, 0.4) is 0 Å². The fourth-order valence-corrected chi connectivity index (χ4v) is 1.48. The van der Waals surface area contributed by atoms with Gasteiger partial charge in [0.2, 0.25) is 0 Å². The number of carbonyl (C=O) groups excluding carboxylic acids is 1. The molecule has 0 radical (unpaired) electrons. The van der Waals surface area contributed by atoms with E-state index in [1.165, 1.54) is 0 Å². The SMILES string of the molecule is O=C(O)c1ccn(C(=O)c2ccc(F)c(F)c2F)c1. The van der Waals surface area contributed by atoms with E-state index >= 15 is 0 Å². The second-order valence-electron chi connectivity index (χ2n) is 3.64. The highest BCUT2D eigenvalue weighted by molar-refractivity contribution is 5.97. The number of benzene rings is 1. The summed E-state index contributed by atoms with van der Waals surface area (Å²) in [6, 6.07) is 2.53. The molecule has 0 unspecified atom stereocenters. The van der Waals surface area contributed by atoms with Gasteiger partial charge in [0, 0.05) is 12.4 Å². The van der Waals surface area contributed by atoms with Crippen molar-refractivity contribution in [2.75, 3.05) is 0 Å². The zero-order valence-corrected chi connectivity index (χ0v) is 9.23. The molecule has 0 aliphatic heterocycles. The van der Waals surface area contributed by atoms with Crippen molar-refractivity contribution in [2.45, 2.75) is 0 Å². The van der Waals surface area contributed by atoms with Crippen LogP contribution in [-0.2, 0) is 0 Å². The number of carboxylic acids is 1. The normalized spacial score (nSPS) is 10.5. The molecule has 1 aromatic carbocycles. The maximum atomic E-state index is 13.4. The number of aromatic nitrogens is 1. The van der Waals surface area contributed by atoms with Crippen LogP contribution in [0.5, 0.6) is 0 Å². The fraction of sp³-hybridized carbons (Fsp3) is 0. The number of hydrogen-bond donors (Lipinski definition) is 1. The molecular formula is C12H6F3NO3. The lowest BCUT2D eigenvalue weighted by Gasteiger charge is -2.04. The fourth-order valence-electron chi connectivity index (χ4n) is 1.48. The Bertz CT molecular complexity index is 679. The van der Waals surface area contributed by atoms with Crippen molar-refractivity contribution in [3.8, 4) is 0 Å². The van der Waals surface area contributed by atoms with Crippen LogP contribution in [0.25, 0.3) is 0 Å². The van der Waals surface area contributed by atoms with Crippen LogP contribution < -0.4 is 0 Å². The Morgan fingerprint density at radius 2 is 1.74 bits per heavy atom. The Kier molecular flexibility index (Phi) is 3.12. The first-order chi connectivity index (χ1) is 8.91. The lowest BCUT2D eigenvalue weighted by molar-refractivity contribution is 0.0697. The van der Waals surface area contributed by atoms with E-state index in [-0.39, 0.29) is 5.56 Å². The number of hydrogen-bond acceptors (Lipinski definition) is 2. The first kappa shape index (κ1) is 12.9. The average Bonchev–Trinajstić information content (AvgIpc) is 2.85. The molecule has 0 aliphatic carbocycles. The molecule has 4 nitrogen and oxygen atoms in total. The average molecular weight is 269 g/mol. The van der Waals surface area contributed by atoms with Gasteiger partial charge in [-0.15, -0.1) is 0 Å². The maximum absolute atomic E-state index is 13.4. The third-order valence-corrected chi connectivity index (χ3v) is 2.44. The summed E-state index contributed by atoms with van der Waals surface area (Å²) in [4.78, 5) is 22.4. The summed E-state index contributed by atoms with van der Waals surface area (Å²) in [5.74, 6) is -7.04. The maximum Gasteiger partial charge on any atom is 0.337 e. The molecule has 7 heteroatoms. The first-order valence-electron chi connectivity index (χ1n) is 5.01. The number of aromatic carboxylic acids is 1. The van der Waals surface area contributed by atoms with Crippen molar-refractivity contribution in [1.82, 2.24) is 4.57 Å². The molecule has 0 saturated carbocycles. The monoisotopic (exact) mass is 269 g/mol. The third kappa shape index (κ3) is 2.22. The highest BCUT2D eigenvalue weighted by Crippen LogP contribution is 2.16. The van der Waals surface area contributed by atoms with Crippen LogP contribution in [0, 0.1) is 17.5 Å². The largest absolute Gasteiger partial charge is 0.478 e. The molecule has 0 saturated heterocycles. The molecule has 1 heterocycles. The van der Waals surface area contributed by atoms with Gasteiger partial charge in [0.05, 0.1) is 11.1 Å². The van der Waals surface area contributed by atoms with Crippen molar-refractivity contribution >= 4 is 11.9 Å². The Hall–Kier alpha value is -2.57. The number of carboxylic acid groups (broad SMARTS) is 1. The molecule has 2 aromatic rings. The van der Waals surface area contributed by atoms with E-state index in [2.05, 4.69) is 0 Å². The molecule has 0 spiro atoms. The predicted molar refractivity (Wildman–Crippen MR) is 57.4 cm³/mol. The van der Waals surface area contributed by atoms with E-state index in [0.717, 1.165) is 29.1 Å². The van der Waals surface area contributed by atoms with Gasteiger partial charge in [0.15, 0.2) is 17.5 Å². The quantitative estimate of drug-likeness (QED) is 0.851. The van der Waals surface area contributed by atoms with Gasteiger partial charge in [-0.25, -0.2) is 18.0 Å². The molecule has 2 rings (SSSR count). The molecule has 1 aromatic heterocycles. The van der Waals surface area contributed by atoms with Crippen LogP contribution in [0.1, 0.15) is 20.7 Å². The van der Waals surface area contributed by atoms with Crippen LogP contribution in [0.4, 0.5) is 13.2 Å². The van der Waals surface area contributed by atoms with Gasteiger partial charge in [-0.2, -0.15) is 0 Å². The molecule has 19 heavy (non-hydrogen) atoms. The Labute approximate surface area is 104 Å². The van der Waals surface area contributed by atoms with Crippen molar-refractivity contribution < 1.29 is 27.9 Å². The van der Waals surface area contributed by atoms with Gasteiger partial charge < -0.3 is 5.11 Å². The summed E-state index contributed by atoms with van der Waals surface area (Å²) in [7, 11) is 0. The third-order valence-electron chi connectivity index (χ3n) is 2.44. The summed E-state index contributed by atoms with van der Waals surface area (Å²) in [5, 5.41) is 8.68. The molecule has 98 valence electrons. The molecule has 1 N–H and O–H groups in total. The Morgan fingerprint density at radius 3 is 2.32 bits per heavy atom. The van der Waals surface area contributed by atoms with Crippen molar-refractivity contribution in [3.05, 3.63) is 59.2 Å². The van der Waals surface area contributed by atoms with E-state index in [0.29, 0.717) is 6.07 Å². The summed E-state index contributed by atoms with van der Waals surface area (Å²) >= 11 is 0. The Balaban J connectivity index is 2.44. The second kappa shape index (κ2) is 4.60. The van der Waals surface area contributed by atoms with Gasteiger partial charge in [-0.05, 0) is 18.2 Å². The van der Waals surface area contributed by atoms with Crippen LogP contribution >= 0.6 is 0 Å². The van der Waals surface area contributed by atoms with Crippen molar-refractivity contribution in [2.24, 2.45) is 0 Å². The minimum Gasteiger partial charge on any atom is -0.478 e. The van der Waals surface area contributed by atoms with Gasteiger partial charge in [0.1, 0.15) is 0 Å². The van der Waals surface area contributed by atoms with E-state index in [1.54, 1.807) is 0 Å². The van der Waals surface area contributed by atoms with E-state index in [9.17, 15) is 22.8 Å². The molecule has 0 aliphatic rings. The summed E-state index contributed by atoms with van der Waals surface area (Å²) in [6.07, 6.45) is 2.04. The number of nitrogens with zero attached hydrogens (tertiary/aromatic N) is 1. The molecule has 0 amide bonds. The van der Waals surface area contributed by atoms with E-state index in [1.807, 2.05) is 0 Å². The minimum atomic E-state index is -1.75. The van der Waals surface area contributed by atoms with Crippen LogP contribution in [0.2, 0.25) is 0 Å². The topological polar surface area (TPSA) is 59.3 Å². The first-order valence-corrected chi connectivity index (χ1v) is 5.01. The summed E-state index contributed by atoms with van der Waals surface area (Å²) in [6.45, 7) is 0. The van der Waals surface area contributed by atoms with Crippen molar-refractivity contribution in [3.63, 3.8) is 0 Å². The summed E-state index contributed by atoms with van der Waals surface area (Å²) < 4.78 is 39.9. The lowest BCUT2D eigenvalue weighted by atomic mass is 10.2. The molecule has 0 fully saturated rings. The van der Waals surface area contributed by atoms with Gasteiger partial charge in [-0.3, -0.25) is 9.36 Å². The van der Waals surface area contributed by atoms with Crippen LogP contribution in [0.15, 0.2) is 30.6 Å². The lowest BCUT2D eigenvalue weighted by Crippen LogP contribution is -2.13. The number of carbonyl (C=O) groups is 2. The smallest absolute Gasteiger partial charge is 0.337 e. The predicted octanol–water partition coefficient (Wildman–Crippen LogP) is 2.29. The highest BCUT2D eigenvalue weighted by Gasteiger charge is 2.20.